The molecule has 3 aromatic rings. The van der Waals surface area contributed by atoms with E-state index in [9.17, 15) is 14.0 Å². The number of benzene rings is 2. The van der Waals surface area contributed by atoms with E-state index >= 15 is 0 Å². The summed E-state index contributed by atoms with van der Waals surface area (Å²) in [6, 6.07) is 11.9. The van der Waals surface area contributed by atoms with Gasteiger partial charge in [0.05, 0.1) is 19.8 Å². The Morgan fingerprint density at radius 1 is 0.966 bits per heavy atom. The van der Waals surface area contributed by atoms with Crippen LogP contribution in [0.2, 0.25) is 0 Å². The molecule has 3 rings (SSSR count). The molecule has 0 bridgehead atoms. The van der Waals surface area contributed by atoms with Crippen molar-refractivity contribution >= 4 is 29.2 Å². The number of hydrogen-bond donors (Lipinski definition) is 0. The van der Waals surface area contributed by atoms with Crippen LogP contribution < -0.4 is 14.2 Å². The van der Waals surface area contributed by atoms with Crippen LogP contribution >= 0.6 is 11.3 Å². The molecule has 0 saturated carbocycles. The number of carbonyl (C=O) groups is 2. The molecule has 0 aliphatic carbocycles. The molecule has 0 saturated heterocycles. The van der Waals surface area contributed by atoms with Crippen LogP contribution in [0.15, 0.2) is 60.0 Å². The van der Waals surface area contributed by atoms with Gasteiger partial charge in [0.15, 0.2) is 17.3 Å². The molecular weight excluding hydrogens is 395 g/mol. The van der Waals surface area contributed by atoms with Gasteiger partial charge < -0.3 is 14.2 Å². The molecule has 0 fully saturated rings. The number of hydrogen-bond acceptors (Lipinski definition) is 6. The molecule has 0 aliphatic rings. The van der Waals surface area contributed by atoms with Gasteiger partial charge in [-0.15, -0.1) is 11.3 Å². The smallest absolute Gasteiger partial charge is 0.353 e. The molecule has 1 heterocycles. The van der Waals surface area contributed by atoms with Gasteiger partial charge in [-0.3, -0.25) is 4.79 Å². The summed E-state index contributed by atoms with van der Waals surface area (Å²) >= 11 is 1.21. The molecule has 1 aromatic heterocycles. The van der Waals surface area contributed by atoms with Gasteiger partial charge >= 0.3 is 5.97 Å². The average molecular weight is 412 g/mol. The predicted octanol–water partition coefficient (Wildman–Crippen LogP) is 5.02. The maximum Gasteiger partial charge on any atom is 0.353 e. The van der Waals surface area contributed by atoms with E-state index in [1.807, 2.05) is 0 Å². The number of rotatable bonds is 7. The lowest BCUT2D eigenvalue weighted by atomic mass is 10.1. The second kappa shape index (κ2) is 9.16. The number of allylic oxidation sites excluding steroid dienone is 1. The van der Waals surface area contributed by atoms with E-state index in [1.54, 1.807) is 41.8 Å². The number of ether oxygens (including phenoxy) is 3. The van der Waals surface area contributed by atoms with Crippen molar-refractivity contribution in [3.8, 4) is 17.2 Å². The summed E-state index contributed by atoms with van der Waals surface area (Å²) in [5, 5.41) is 1.74. The zero-order valence-electron chi connectivity index (χ0n) is 15.7. The van der Waals surface area contributed by atoms with Crippen LogP contribution in [-0.4, -0.2) is 26.0 Å². The fourth-order valence-corrected chi connectivity index (χ4v) is 3.15. The third-order valence-corrected chi connectivity index (χ3v) is 4.82. The fraction of sp³-hybridized carbons (Fsp3) is 0.0909. The first-order valence-electron chi connectivity index (χ1n) is 8.51. The minimum absolute atomic E-state index is 0.00763. The first-order chi connectivity index (χ1) is 14.0. The van der Waals surface area contributed by atoms with Crippen molar-refractivity contribution in [1.82, 2.24) is 0 Å². The Morgan fingerprint density at radius 2 is 1.72 bits per heavy atom. The number of ketones is 1. The minimum atomic E-state index is -0.608. The Balaban J connectivity index is 1.84. The van der Waals surface area contributed by atoms with E-state index in [2.05, 4.69) is 0 Å². The zero-order chi connectivity index (χ0) is 20.8. The van der Waals surface area contributed by atoms with Crippen molar-refractivity contribution in [1.29, 1.82) is 0 Å². The minimum Gasteiger partial charge on any atom is -0.493 e. The normalized spacial score (nSPS) is 10.7. The van der Waals surface area contributed by atoms with Gasteiger partial charge in [0, 0.05) is 0 Å². The van der Waals surface area contributed by atoms with Crippen molar-refractivity contribution in [3.05, 3.63) is 81.8 Å². The molecule has 0 amide bonds. The fourth-order valence-electron chi connectivity index (χ4n) is 2.55. The van der Waals surface area contributed by atoms with Gasteiger partial charge in [-0.1, -0.05) is 18.2 Å². The molecule has 0 radical (unpaired) electrons. The second-order valence-corrected chi connectivity index (χ2v) is 6.77. The summed E-state index contributed by atoms with van der Waals surface area (Å²) in [5.74, 6) is -0.657. The highest BCUT2D eigenvalue weighted by atomic mass is 32.1. The van der Waals surface area contributed by atoms with Crippen molar-refractivity contribution in [2.24, 2.45) is 0 Å². The average Bonchev–Trinajstić information content (AvgIpc) is 3.28. The summed E-state index contributed by atoms with van der Waals surface area (Å²) < 4.78 is 29.4. The largest absolute Gasteiger partial charge is 0.493 e. The van der Waals surface area contributed by atoms with Gasteiger partial charge in [0.25, 0.3) is 0 Å². The first kappa shape index (κ1) is 20.3. The maximum atomic E-state index is 13.7. The van der Waals surface area contributed by atoms with Crippen molar-refractivity contribution < 1.29 is 28.2 Å². The Bertz CT molecular complexity index is 1060. The van der Waals surface area contributed by atoms with E-state index in [0.717, 1.165) is 12.1 Å². The van der Waals surface area contributed by atoms with E-state index in [0.29, 0.717) is 21.9 Å². The topological polar surface area (TPSA) is 61.8 Å². The van der Waals surface area contributed by atoms with E-state index in [-0.39, 0.29) is 11.3 Å². The standard InChI is InChI=1S/C22H17FO5S/c1-26-19-9-6-14(12-20(19)27-2)5-8-17(24)16-13-15(23)7-10-18(16)28-22(25)21-4-3-11-29-21/h3-13H,1-2H3. The Morgan fingerprint density at radius 3 is 2.41 bits per heavy atom. The highest BCUT2D eigenvalue weighted by Gasteiger charge is 2.17. The molecule has 29 heavy (non-hydrogen) atoms. The SMILES string of the molecule is COc1ccc(C=CC(=O)c2cc(F)ccc2OC(=O)c2cccs2)cc1OC. The number of thiophene rings is 1. The summed E-state index contributed by atoms with van der Waals surface area (Å²) in [6.45, 7) is 0. The summed E-state index contributed by atoms with van der Waals surface area (Å²) in [7, 11) is 3.04. The lowest BCUT2D eigenvalue weighted by Crippen LogP contribution is -2.10. The van der Waals surface area contributed by atoms with Crippen LogP contribution in [0.5, 0.6) is 17.2 Å². The van der Waals surface area contributed by atoms with Gasteiger partial charge in [-0.25, -0.2) is 9.18 Å². The van der Waals surface area contributed by atoms with Gasteiger partial charge in [0.1, 0.15) is 16.4 Å². The molecule has 148 valence electrons. The molecule has 2 aromatic carbocycles. The van der Waals surface area contributed by atoms with Gasteiger partial charge in [0.2, 0.25) is 0 Å². The maximum absolute atomic E-state index is 13.7. The summed E-state index contributed by atoms with van der Waals surface area (Å²) in [4.78, 5) is 25.2. The van der Waals surface area contributed by atoms with Crippen molar-refractivity contribution in [3.63, 3.8) is 0 Å². The van der Waals surface area contributed by atoms with Crippen molar-refractivity contribution in [2.45, 2.75) is 0 Å². The summed E-state index contributed by atoms with van der Waals surface area (Å²) in [5.41, 5.74) is 0.635. The summed E-state index contributed by atoms with van der Waals surface area (Å²) in [6.07, 6.45) is 2.83. The molecule has 7 heteroatoms. The molecule has 0 unspecified atom stereocenters. The van der Waals surface area contributed by atoms with E-state index in [1.165, 1.54) is 37.7 Å². The van der Waals surface area contributed by atoms with Crippen LogP contribution in [0, 0.1) is 5.82 Å². The van der Waals surface area contributed by atoms with E-state index in [4.69, 9.17) is 14.2 Å². The monoisotopic (exact) mass is 412 g/mol. The Hall–Kier alpha value is -3.45. The van der Waals surface area contributed by atoms with Crippen LogP contribution in [0.1, 0.15) is 25.6 Å². The van der Waals surface area contributed by atoms with Crippen LogP contribution in [0.4, 0.5) is 4.39 Å². The molecule has 0 N–H and O–H groups in total. The molecule has 0 aliphatic heterocycles. The van der Waals surface area contributed by atoms with Crippen LogP contribution in [-0.2, 0) is 0 Å². The molecular formula is C22H17FO5S. The van der Waals surface area contributed by atoms with Crippen LogP contribution in [0.3, 0.4) is 0 Å². The quantitative estimate of drug-likeness (QED) is 0.236. The number of carbonyl (C=O) groups excluding carboxylic acids is 2. The van der Waals surface area contributed by atoms with Crippen molar-refractivity contribution in [2.75, 3.05) is 14.2 Å². The number of halogens is 1. The third-order valence-electron chi connectivity index (χ3n) is 3.97. The second-order valence-electron chi connectivity index (χ2n) is 5.82. The number of esters is 1. The lowest BCUT2D eigenvalue weighted by molar-refractivity contribution is 0.0738. The Kier molecular flexibility index (Phi) is 6.41. The Labute approximate surface area is 171 Å². The zero-order valence-corrected chi connectivity index (χ0v) is 16.5. The van der Waals surface area contributed by atoms with Crippen LogP contribution in [0.25, 0.3) is 6.08 Å². The molecule has 0 spiro atoms. The van der Waals surface area contributed by atoms with Gasteiger partial charge in [-0.05, 0) is 53.4 Å². The van der Waals surface area contributed by atoms with E-state index < -0.39 is 17.6 Å². The highest BCUT2D eigenvalue weighted by Crippen LogP contribution is 2.28. The third kappa shape index (κ3) is 4.89. The first-order valence-corrected chi connectivity index (χ1v) is 9.39. The predicted molar refractivity (Wildman–Crippen MR) is 109 cm³/mol. The molecule has 0 atom stereocenters. The molecule has 5 nitrogen and oxygen atoms in total. The lowest BCUT2D eigenvalue weighted by Gasteiger charge is -2.08. The van der Waals surface area contributed by atoms with Gasteiger partial charge in [-0.2, -0.15) is 0 Å². The number of methoxy groups -OCH3 is 2. The highest BCUT2D eigenvalue weighted by molar-refractivity contribution is 7.12.